The first-order valence-electron chi connectivity index (χ1n) is 8.63. The molecule has 1 fully saturated rings. The summed E-state index contributed by atoms with van der Waals surface area (Å²) in [6.07, 6.45) is 3.50. The van der Waals surface area contributed by atoms with Crippen molar-refractivity contribution in [1.82, 2.24) is 9.97 Å². The molecule has 0 atom stereocenters. The van der Waals surface area contributed by atoms with E-state index in [-0.39, 0.29) is 5.92 Å². The second-order valence-electron chi connectivity index (χ2n) is 6.25. The van der Waals surface area contributed by atoms with Crippen LogP contribution in [0, 0.1) is 12.8 Å². The van der Waals surface area contributed by atoms with Gasteiger partial charge >= 0.3 is 5.97 Å². The smallest absolute Gasteiger partial charge is 0.306 e. The van der Waals surface area contributed by atoms with E-state index in [0.717, 1.165) is 56.5 Å². The van der Waals surface area contributed by atoms with E-state index in [4.69, 9.17) is 10.1 Å². The number of carbonyl (C=O) groups is 1. The van der Waals surface area contributed by atoms with Gasteiger partial charge in [-0.2, -0.15) is 4.98 Å². The summed E-state index contributed by atoms with van der Waals surface area (Å²) in [6, 6.07) is 2.00. The summed E-state index contributed by atoms with van der Waals surface area (Å²) in [4.78, 5) is 24.9. The minimum absolute atomic E-state index is 0.217. The van der Waals surface area contributed by atoms with Crippen molar-refractivity contribution >= 4 is 17.7 Å². The largest absolute Gasteiger partial charge is 0.481 e. The van der Waals surface area contributed by atoms with Crippen LogP contribution in [0.15, 0.2) is 6.07 Å². The normalized spacial score (nSPS) is 15.7. The third-order valence-electron chi connectivity index (χ3n) is 4.27. The van der Waals surface area contributed by atoms with E-state index < -0.39 is 5.97 Å². The molecule has 2 rings (SSSR count). The van der Waals surface area contributed by atoms with Gasteiger partial charge in [0, 0.05) is 37.9 Å². The second kappa shape index (κ2) is 8.13. The summed E-state index contributed by atoms with van der Waals surface area (Å²) < 4.78 is 0. The maximum atomic E-state index is 11.1. The monoisotopic (exact) mass is 320 g/mol. The lowest BCUT2D eigenvalue weighted by Crippen LogP contribution is -2.37. The van der Waals surface area contributed by atoms with Crippen LogP contribution in [0.2, 0.25) is 0 Å². The molecule has 128 valence electrons. The summed E-state index contributed by atoms with van der Waals surface area (Å²) in [5, 5.41) is 9.12. The predicted molar refractivity (Wildman–Crippen MR) is 92.1 cm³/mol. The third kappa shape index (κ3) is 4.56. The summed E-state index contributed by atoms with van der Waals surface area (Å²) in [5.41, 5.74) is 0.961. The van der Waals surface area contributed by atoms with Crippen LogP contribution in [-0.4, -0.2) is 47.2 Å². The third-order valence-corrected chi connectivity index (χ3v) is 4.27. The first-order valence-corrected chi connectivity index (χ1v) is 8.63. The van der Waals surface area contributed by atoms with E-state index >= 15 is 0 Å². The summed E-state index contributed by atoms with van der Waals surface area (Å²) in [7, 11) is 0. The highest BCUT2D eigenvalue weighted by atomic mass is 16.4. The lowest BCUT2D eigenvalue weighted by Gasteiger charge is -2.32. The molecule has 1 aromatic rings. The second-order valence-corrected chi connectivity index (χ2v) is 6.25. The van der Waals surface area contributed by atoms with Crippen LogP contribution in [0.5, 0.6) is 0 Å². The summed E-state index contributed by atoms with van der Waals surface area (Å²) in [6.45, 7) is 9.72. The van der Waals surface area contributed by atoms with Gasteiger partial charge in [-0.05, 0) is 32.6 Å². The van der Waals surface area contributed by atoms with Gasteiger partial charge in [-0.25, -0.2) is 4.98 Å². The maximum absolute atomic E-state index is 11.1. The highest BCUT2D eigenvalue weighted by Gasteiger charge is 2.25. The van der Waals surface area contributed by atoms with Gasteiger partial charge in [0.15, 0.2) is 0 Å². The van der Waals surface area contributed by atoms with Crippen molar-refractivity contribution in [3.63, 3.8) is 0 Å². The van der Waals surface area contributed by atoms with E-state index in [1.807, 2.05) is 13.0 Å². The van der Waals surface area contributed by atoms with Crippen molar-refractivity contribution < 1.29 is 9.90 Å². The van der Waals surface area contributed by atoms with Gasteiger partial charge in [-0.3, -0.25) is 4.79 Å². The number of hydrogen-bond acceptors (Lipinski definition) is 5. The van der Waals surface area contributed by atoms with E-state index in [0.29, 0.717) is 12.8 Å². The van der Waals surface area contributed by atoms with Crippen LogP contribution in [0.25, 0.3) is 0 Å². The molecule has 1 aliphatic heterocycles. The number of aliphatic carboxylic acids is 1. The Morgan fingerprint density at radius 3 is 2.39 bits per heavy atom. The van der Waals surface area contributed by atoms with Crippen LogP contribution in [-0.2, 0) is 4.79 Å². The SMILES string of the molecule is CCCN(CCC)c1nc(C)cc(N2CCC(C(=O)O)CC2)n1. The Balaban J connectivity index is 2.15. The number of carboxylic acids is 1. The molecule has 1 saturated heterocycles. The molecule has 0 amide bonds. The lowest BCUT2D eigenvalue weighted by molar-refractivity contribution is -0.142. The predicted octanol–water partition coefficient (Wildman–Crippen LogP) is 2.71. The number of piperidine rings is 1. The molecule has 1 aliphatic rings. The van der Waals surface area contributed by atoms with Gasteiger partial charge in [-0.1, -0.05) is 13.8 Å². The zero-order valence-electron chi connectivity index (χ0n) is 14.5. The molecule has 1 aromatic heterocycles. The Kier molecular flexibility index (Phi) is 6.19. The zero-order chi connectivity index (χ0) is 16.8. The summed E-state index contributed by atoms with van der Waals surface area (Å²) in [5.74, 6) is 0.823. The molecular weight excluding hydrogens is 292 g/mol. The van der Waals surface area contributed by atoms with Crippen molar-refractivity contribution in [3.8, 4) is 0 Å². The van der Waals surface area contributed by atoms with Gasteiger partial charge in [0.05, 0.1) is 5.92 Å². The average Bonchev–Trinajstić information content (AvgIpc) is 2.54. The highest BCUT2D eigenvalue weighted by molar-refractivity contribution is 5.70. The molecule has 0 unspecified atom stereocenters. The Labute approximate surface area is 138 Å². The number of carboxylic acid groups (broad SMARTS) is 1. The Hall–Kier alpha value is -1.85. The van der Waals surface area contributed by atoms with Gasteiger partial charge in [-0.15, -0.1) is 0 Å². The molecular formula is C17H28N4O2. The van der Waals surface area contributed by atoms with Gasteiger partial charge in [0.2, 0.25) is 5.95 Å². The molecule has 0 spiro atoms. The quantitative estimate of drug-likeness (QED) is 0.833. The van der Waals surface area contributed by atoms with E-state index in [1.54, 1.807) is 0 Å². The molecule has 0 saturated carbocycles. The number of anilines is 2. The first kappa shape index (κ1) is 17.5. The van der Waals surface area contributed by atoms with Crippen LogP contribution >= 0.6 is 0 Å². The molecule has 0 aromatic carbocycles. The number of aromatic nitrogens is 2. The van der Waals surface area contributed by atoms with Gasteiger partial charge < -0.3 is 14.9 Å². The topological polar surface area (TPSA) is 69.6 Å². The molecule has 1 N–H and O–H groups in total. The molecule has 0 aliphatic carbocycles. The van der Waals surface area contributed by atoms with Crippen molar-refractivity contribution in [2.45, 2.75) is 46.5 Å². The highest BCUT2D eigenvalue weighted by Crippen LogP contribution is 2.24. The molecule has 23 heavy (non-hydrogen) atoms. The van der Waals surface area contributed by atoms with E-state index in [9.17, 15) is 4.79 Å². The fraction of sp³-hybridized carbons (Fsp3) is 0.706. The van der Waals surface area contributed by atoms with Gasteiger partial charge in [0.25, 0.3) is 0 Å². The van der Waals surface area contributed by atoms with Crippen molar-refractivity contribution in [1.29, 1.82) is 0 Å². The minimum Gasteiger partial charge on any atom is -0.481 e. The number of nitrogens with zero attached hydrogens (tertiary/aromatic N) is 4. The van der Waals surface area contributed by atoms with Crippen molar-refractivity contribution in [3.05, 3.63) is 11.8 Å². The van der Waals surface area contributed by atoms with Gasteiger partial charge in [0.1, 0.15) is 5.82 Å². The van der Waals surface area contributed by atoms with Crippen LogP contribution < -0.4 is 9.80 Å². The van der Waals surface area contributed by atoms with E-state index in [2.05, 4.69) is 28.6 Å². The standard InChI is InChI=1S/C17H28N4O2/c1-4-8-21(9-5-2)17-18-13(3)12-15(19-17)20-10-6-14(7-11-20)16(22)23/h12,14H,4-11H2,1-3H3,(H,22,23). The van der Waals surface area contributed by atoms with Crippen molar-refractivity contribution in [2.75, 3.05) is 36.0 Å². The van der Waals surface area contributed by atoms with Crippen molar-refractivity contribution in [2.24, 2.45) is 5.92 Å². The number of hydrogen-bond donors (Lipinski definition) is 1. The Bertz CT molecular complexity index is 521. The Morgan fingerprint density at radius 1 is 1.26 bits per heavy atom. The fourth-order valence-electron chi connectivity index (χ4n) is 3.05. The molecule has 0 radical (unpaired) electrons. The number of aryl methyl sites for hydroxylation is 1. The summed E-state index contributed by atoms with van der Waals surface area (Å²) >= 11 is 0. The molecule has 0 bridgehead atoms. The fourth-order valence-corrected chi connectivity index (χ4v) is 3.05. The van der Waals surface area contributed by atoms with E-state index in [1.165, 1.54) is 0 Å². The average molecular weight is 320 g/mol. The minimum atomic E-state index is -0.679. The zero-order valence-corrected chi connectivity index (χ0v) is 14.5. The lowest BCUT2D eigenvalue weighted by atomic mass is 9.97. The van der Waals surface area contributed by atoms with Crippen LogP contribution in [0.4, 0.5) is 11.8 Å². The molecule has 2 heterocycles. The first-order chi connectivity index (χ1) is 11.0. The molecule has 6 heteroatoms. The maximum Gasteiger partial charge on any atom is 0.306 e. The number of rotatable bonds is 7. The van der Waals surface area contributed by atoms with Crippen LogP contribution in [0.1, 0.15) is 45.2 Å². The van der Waals surface area contributed by atoms with Crippen LogP contribution in [0.3, 0.4) is 0 Å². The Morgan fingerprint density at radius 2 is 1.87 bits per heavy atom. The molecule has 6 nitrogen and oxygen atoms in total.